The van der Waals surface area contributed by atoms with Crippen molar-refractivity contribution in [3.63, 3.8) is 0 Å². The van der Waals surface area contributed by atoms with E-state index in [9.17, 15) is 9.59 Å². The lowest BCUT2D eigenvalue weighted by Gasteiger charge is -2.00. The summed E-state index contributed by atoms with van der Waals surface area (Å²) in [6.07, 6.45) is 0. The topological polar surface area (TPSA) is 88.1 Å². The molecule has 0 spiro atoms. The lowest BCUT2D eigenvalue weighted by atomic mass is 10.1. The number of fused-ring (bicyclic) bond motifs is 3. The lowest BCUT2D eigenvalue weighted by molar-refractivity contribution is 0.0559. The van der Waals surface area contributed by atoms with Crippen molar-refractivity contribution in [2.24, 2.45) is 0 Å². The van der Waals surface area contributed by atoms with Crippen LogP contribution in [0, 0.1) is 0 Å². The van der Waals surface area contributed by atoms with Crippen molar-refractivity contribution in [1.82, 2.24) is 0 Å². The smallest absolute Gasteiger partial charge is 0.373 e. The molecule has 0 saturated heterocycles. The molecule has 0 radical (unpaired) electrons. The van der Waals surface area contributed by atoms with E-state index in [0.717, 1.165) is 0 Å². The van der Waals surface area contributed by atoms with Crippen molar-refractivity contribution in [3.05, 3.63) is 29.7 Å². The highest BCUT2D eigenvalue weighted by atomic mass is 16.5. The Hall–Kier alpha value is -2.96. The van der Waals surface area contributed by atoms with Gasteiger partial charge in [-0.1, -0.05) is 0 Å². The van der Waals surface area contributed by atoms with Gasteiger partial charge in [0, 0.05) is 18.2 Å². The fraction of sp³-hybridized carbons (Fsp3) is 0.200. The van der Waals surface area contributed by atoms with Crippen LogP contribution in [-0.2, 0) is 9.47 Å². The molecule has 3 aromatic rings. The Morgan fingerprint density at radius 2 is 1.45 bits per heavy atom. The minimum atomic E-state index is -0.608. The van der Waals surface area contributed by atoms with Crippen molar-refractivity contribution in [2.75, 3.05) is 21.3 Å². The largest absolute Gasteiger partial charge is 0.496 e. The van der Waals surface area contributed by atoms with Gasteiger partial charge >= 0.3 is 11.9 Å². The van der Waals surface area contributed by atoms with Crippen molar-refractivity contribution < 1.29 is 32.6 Å². The summed E-state index contributed by atoms with van der Waals surface area (Å²) in [6.45, 7) is 0. The first-order valence-electron chi connectivity index (χ1n) is 6.29. The SMILES string of the molecule is COC(=O)c1cc2c(cc(OC)c3cc(C(=O)OC)oc32)o1. The third kappa shape index (κ3) is 1.98. The zero-order chi connectivity index (χ0) is 15.9. The Kier molecular flexibility index (Phi) is 3.25. The molecule has 0 fully saturated rings. The summed E-state index contributed by atoms with van der Waals surface area (Å²) in [5.74, 6) is -0.703. The quantitative estimate of drug-likeness (QED) is 0.687. The molecular formula is C15H12O7. The minimum absolute atomic E-state index is 0.0306. The Bertz CT molecular complexity index is 884. The average molecular weight is 304 g/mol. The van der Waals surface area contributed by atoms with Crippen LogP contribution in [0.4, 0.5) is 0 Å². The molecule has 0 bridgehead atoms. The van der Waals surface area contributed by atoms with Gasteiger partial charge in [0.05, 0.1) is 32.1 Å². The number of rotatable bonds is 3. The number of ether oxygens (including phenoxy) is 3. The second-order valence-corrected chi connectivity index (χ2v) is 4.44. The van der Waals surface area contributed by atoms with E-state index in [2.05, 4.69) is 9.47 Å². The van der Waals surface area contributed by atoms with E-state index >= 15 is 0 Å². The predicted molar refractivity (Wildman–Crippen MR) is 75.2 cm³/mol. The van der Waals surface area contributed by atoms with Crippen molar-refractivity contribution in [2.45, 2.75) is 0 Å². The summed E-state index contributed by atoms with van der Waals surface area (Å²) in [7, 11) is 4.00. The van der Waals surface area contributed by atoms with E-state index < -0.39 is 11.9 Å². The normalized spacial score (nSPS) is 10.9. The highest BCUT2D eigenvalue weighted by molar-refractivity contribution is 6.09. The number of carbonyl (C=O) groups is 2. The highest BCUT2D eigenvalue weighted by Gasteiger charge is 2.21. The van der Waals surface area contributed by atoms with Gasteiger partial charge in [-0.15, -0.1) is 0 Å². The molecule has 7 nitrogen and oxygen atoms in total. The molecule has 0 unspecified atom stereocenters. The maximum absolute atomic E-state index is 11.6. The average Bonchev–Trinajstić information content (AvgIpc) is 3.15. The molecule has 22 heavy (non-hydrogen) atoms. The molecular weight excluding hydrogens is 292 g/mol. The van der Waals surface area contributed by atoms with E-state index in [1.54, 1.807) is 6.07 Å². The van der Waals surface area contributed by atoms with Gasteiger partial charge in [0.15, 0.2) is 0 Å². The first-order chi connectivity index (χ1) is 10.6. The lowest BCUT2D eigenvalue weighted by Crippen LogP contribution is -1.98. The van der Waals surface area contributed by atoms with Gasteiger partial charge in [-0.25, -0.2) is 9.59 Å². The number of esters is 2. The Morgan fingerprint density at radius 1 is 0.864 bits per heavy atom. The summed E-state index contributed by atoms with van der Waals surface area (Å²) in [6, 6.07) is 4.62. The van der Waals surface area contributed by atoms with E-state index in [0.29, 0.717) is 27.7 Å². The summed E-state index contributed by atoms with van der Waals surface area (Å²) in [5.41, 5.74) is 0.754. The molecule has 0 amide bonds. The van der Waals surface area contributed by atoms with Crippen LogP contribution in [0.1, 0.15) is 21.1 Å². The van der Waals surface area contributed by atoms with Gasteiger partial charge in [0.2, 0.25) is 11.5 Å². The molecule has 0 saturated carbocycles. The molecule has 0 atom stereocenters. The van der Waals surface area contributed by atoms with Crippen LogP contribution in [0.3, 0.4) is 0 Å². The second kappa shape index (κ2) is 5.10. The number of furan rings is 2. The van der Waals surface area contributed by atoms with Crippen LogP contribution in [0.25, 0.3) is 21.9 Å². The minimum Gasteiger partial charge on any atom is -0.496 e. The molecule has 114 valence electrons. The van der Waals surface area contributed by atoms with Crippen LogP contribution >= 0.6 is 0 Å². The van der Waals surface area contributed by atoms with E-state index in [1.165, 1.54) is 33.5 Å². The molecule has 2 aromatic heterocycles. The van der Waals surface area contributed by atoms with Crippen LogP contribution in [0.2, 0.25) is 0 Å². The number of hydrogen-bond donors (Lipinski definition) is 0. The second-order valence-electron chi connectivity index (χ2n) is 4.44. The fourth-order valence-electron chi connectivity index (χ4n) is 2.23. The molecule has 3 rings (SSSR count). The highest BCUT2D eigenvalue weighted by Crippen LogP contribution is 2.37. The zero-order valence-corrected chi connectivity index (χ0v) is 12.1. The van der Waals surface area contributed by atoms with Gasteiger partial charge in [-0.2, -0.15) is 0 Å². The van der Waals surface area contributed by atoms with E-state index in [1.807, 2.05) is 0 Å². The summed E-state index contributed by atoms with van der Waals surface area (Å²) in [5, 5.41) is 1.11. The molecule has 0 aliphatic rings. The van der Waals surface area contributed by atoms with Crippen molar-refractivity contribution in [1.29, 1.82) is 0 Å². The first-order valence-corrected chi connectivity index (χ1v) is 6.29. The Balaban J connectivity index is 2.32. The molecule has 0 aliphatic heterocycles. The Morgan fingerprint density at radius 3 is 2.05 bits per heavy atom. The van der Waals surface area contributed by atoms with Gasteiger partial charge in [0.25, 0.3) is 0 Å². The Labute approximate surface area is 124 Å². The monoisotopic (exact) mass is 304 g/mol. The number of carbonyl (C=O) groups excluding carboxylic acids is 2. The molecule has 2 heterocycles. The van der Waals surface area contributed by atoms with Gasteiger partial charge in [-0.05, 0) is 0 Å². The van der Waals surface area contributed by atoms with Gasteiger partial charge < -0.3 is 23.0 Å². The molecule has 0 N–H and O–H groups in total. The first kappa shape index (κ1) is 14.0. The van der Waals surface area contributed by atoms with Crippen LogP contribution in [0.5, 0.6) is 5.75 Å². The van der Waals surface area contributed by atoms with Crippen LogP contribution in [0.15, 0.2) is 27.0 Å². The van der Waals surface area contributed by atoms with Gasteiger partial charge in [-0.3, -0.25) is 0 Å². The predicted octanol–water partition coefficient (Wildman–Crippen LogP) is 2.76. The van der Waals surface area contributed by atoms with Gasteiger partial charge in [0.1, 0.15) is 16.9 Å². The van der Waals surface area contributed by atoms with Crippen LogP contribution in [-0.4, -0.2) is 33.3 Å². The standard InChI is InChI=1S/C15H12O7/c1-18-9-6-10-8(5-11(21-10)14(16)19-2)13-7(9)4-12(22-13)15(17)20-3/h4-6H,1-3H3. The third-order valence-electron chi connectivity index (χ3n) is 3.26. The third-order valence-corrected chi connectivity index (χ3v) is 3.26. The summed E-state index contributed by atoms with van der Waals surface area (Å²) >= 11 is 0. The van der Waals surface area contributed by atoms with Crippen LogP contribution < -0.4 is 4.74 Å². The maximum Gasteiger partial charge on any atom is 0.373 e. The molecule has 0 aliphatic carbocycles. The number of benzene rings is 1. The number of hydrogen-bond acceptors (Lipinski definition) is 7. The molecule has 1 aromatic carbocycles. The molecule has 7 heteroatoms. The van der Waals surface area contributed by atoms with E-state index in [-0.39, 0.29) is 11.5 Å². The summed E-state index contributed by atoms with van der Waals surface area (Å²) in [4.78, 5) is 23.2. The van der Waals surface area contributed by atoms with E-state index in [4.69, 9.17) is 13.6 Å². The fourth-order valence-corrected chi connectivity index (χ4v) is 2.23. The summed E-state index contributed by atoms with van der Waals surface area (Å²) < 4.78 is 25.5. The maximum atomic E-state index is 11.6. The number of methoxy groups -OCH3 is 3. The van der Waals surface area contributed by atoms with Crippen molar-refractivity contribution >= 4 is 33.9 Å². The van der Waals surface area contributed by atoms with Crippen molar-refractivity contribution in [3.8, 4) is 5.75 Å². The zero-order valence-electron chi connectivity index (χ0n) is 12.1.